The van der Waals surface area contributed by atoms with Gasteiger partial charge in [0.05, 0.1) is 31.1 Å². The maximum absolute atomic E-state index is 13.3. The second kappa shape index (κ2) is 14.4. The number of anilines is 2. The zero-order valence-electron chi connectivity index (χ0n) is 24.9. The summed E-state index contributed by atoms with van der Waals surface area (Å²) in [6, 6.07) is 18.7. The number of nitrogens with one attached hydrogen (secondary N) is 2. The average molecular weight is 578 g/mol. The molecule has 0 saturated carbocycles. The summed E-state index contributed by atoms with van der Waals surface area (Å²) in [5.74, 6) is -0.0373. The first-order valence-corrected chi connectivity index (χ1v) is 13.6. The van der Waals surface area contributed by atoms with Crippen LogP contribution in [-0.4, -0.2) is 55.4 Å². The molecule has 10 nitrogen and oxygen atoms in total. The number of hydrogen-bond donors (Lipinski definition) is 3. The van der Waals surface area contributed by atoms with Crippen LogP contribution in [0.2, 0.25) is 0 Å². The van der Waals surface area contributed by atoms with Gasteiger partial charge in [-0.1, -0.05) is 30.3 Å². The zero-order chi connectivity index (χ0) is 30.9. The molecule has 0 spiro atoms. The lowest BCUT2D eigenvalue weighted by Gasteiger charge is -2.21. The Labute approximate surface area is 246 Å². The van der Waals surface area contributed by atoms with Crippen molar-refractivity contribution in [3.8, 4) is 11.5 Å². The molecule has 0 aliphatic rings. The molecule has 1 atom stereocenters. The molecule has 3 N–H and O–H groups in total. The average Bonchev–Trinajstić information content (AvgIpc) is 2.95. The van der Waals surface area contributed by atoms with Crippen molar-refractivity contribution in [3.05, 3.63) is 83.4 Å². The van der Waals surface area contributed by atoms with Gasteiger partial charge in [0.15, 0.2) is 0 Å². The van der Waals surface area contributed by atoms with Gasteiger partial charge >= 0.3 is 6.09 Å². The smallest absolute Gasteiger partial charge is 0.407 e. The molecule has 0 bridgehead atoms. The molecule has 10 heteroatoms. The Hall–Kier alpha value is -4.57. The first-order chi connectivity index (χ1) is 19.9. The number of alkyl carbamates (subject to hydrolysis) is 1. The van der Waals surface area contributed by atoms with E-state index in [9.17, 15) is 19.5 Å². The van der Waals surface area contributed by atoms with Gasteiger partial charge in [-0.3, -0.25) is 9.59 Å². The number of rotatable bonds is 11. The predicted molar refractivity (Wildman–Crippen MR) is 161 cm³/mol. The number of ether oxygens (including phenoxy) is 3. The number of benzene rings is 3. The molecule has 42 heavy (non-hydrogen) atoms. The second-order valence-corrected chi connectivity index (χ2v) is 10.7. The number of para-hydroxylation sites is 2. The Balaban J connectivity index is 1.68. The van der Waals surface area contributed by atoms with Crippen molar-refractivity contribution < 1.29 is 33.7 Å². The van der Waals surface area contributed by atoms with Crippen molar-refractivity contribution in [2.24, 2.45) is 0 Å². The van der Waals surface area contributed by atoms with Crippen molar-refractivity contribution in [2.45, 2.75) is 52.4 Å². The lowest BCUT2D eigenvalue weighted by atomic mass is 10.1. The third-order valence-corrected chi connectivity index (χ3v) is 6.20. The van der Waals surface area contributed by atoms with Crippen LogP contribution in [0, 0.1) is 0 Å². The van der Waals surface area contributed by atoms with Gasteiger partial charge in [0.2, 0.25) is 0 Å². The van der Waals surface area contributed by atoms with Crippen molar-refractivity contribution >= 4 is 29.3 Å². The van der Waals surface area contributed by atoms with Crippen LogP contribution in [0.1, 0.15) is 60.4 Å². The van der Waals surface area contributed by atoms with Crippen molar-refractivity contribution in [3.63, 3.8) is 0 Å². The van der Waals surface area contributed by atoms with E-state index >= 15 is 0 Å². The summed E-state index contributed by atoms with van der Waals surface area (Å²) in [7, 11) is 3.08. The number of methoxy groups -OCH3 is 1. The Morgan fingerprint density at radius 3 is 2.36 bits per heavy atom. The predicted octanol–water partition coefficient (Wildman–Crippen LogP) is 5.40. The highest BCUT2D eigenvalue weighted by molar-refractivity contribution is 6.09. The fourth-order valence-electron chi connectivity index (χ4n) is 4.12. The van der Waals surface area contributed by atoms with E-state index in [2.05, 4.69) is 10.6 Å². The molecule has 0 radical (unpaired) electrons. The lowest BCUT2D eigenvalue weighted by Crippen LogP contribution is -2.34. The summed E-state index contributed by atoms with van der Waals surface area (Å²) in [6.45, 7) is 7.37. The summed E-state index contributed by atoms with van der Waals surface area (Å²) < 4.78 is 16.8. The van der Waals surface area contributed by atoms with Crippen LogP contribution in [0.3, 0.4) is 0 Å². The van der Waals surface area contributed by atoms with Gasteiger partial charge in [-0.05, 0) is 64.1 Å². The first-order valence-electron chi connectivity index (χ1n) is 13.6. The highest BCUT2D eigenvalue weighted by atomic mass is 16.6. The van der Waals surface area contributed by atoms with E-state index < -0.39 is 17.6 Å². The minimum absolute atomic E-state index is 0.199. The third kappa shape index (κ3) is 8.71. The maximum Gasteiger partial charge on any atom is 0.407 e. The lowest BCUT2D eigenvalue weighted by molar-refractivity contribution is 0.0521. The molecule has 0 saturated heterocycles. The van der Waals surface area contributed by atoms with Crippen LogP contribution in [0.5, 0.6) is 11.5 Å². The van der Waals surface area contributed by atoms with E-state index in [1.165, 1.54) is 12.0 Å². The monoisotopic (exact) mass is 577 g/mol. The Kier molecular flexibility index (Phi) is 10.9. The number of hydrogen-bond acceptors (Lipinski definition) is 7. The molecule has 0 aromatic heterocycles. The van der Waals surface area contributed by atoms with Gasteiger partial charge in [0.25, 0.3) is 11.8 Å². The van der Waals surface area contributed by atoms with Gasteiger partial charge in [-0.15, -0.1) is 0 Å². The summed E-state index contributed by atoms with van der Waals surface area (Å²) >= 11 is 0. The summed E-state index contributed by atoms with van der Waals surface area (Å²) in [6.07, 6.45) is -0.310. The molecule has 0 heterocycles. The van der Waals surface area contributed by atoms with Crippen molar-refractivity contribution in [1.82, 2.24) is 5.32 Å². The van der Waals surface area contributed by atoms with E-state index in [1.54, 1.807) is 94.5 Å². The SMILES string of the molecule is COc1cc(C(=O)N(C)c2ccccc2CO)ccc1NC(=O)c1ccccc1OC(C)CCNC(=O)OC(C)(C)C. The van der Waals surface area contributed by atoms with Gasteiger partial charge in [-0.25, -0.2) is 4.79 Å². The largest absolute Gasteiger partial charge is 0.495 e. The van der Waals surface area contributed by atoms with Crippen LogP contribution in [0.25, 0.3) is 0 Å². The summed E-state index contributed by atoms with van der Waals surface area (Å²) in [4.78, 5) is 39.8. The highest BCUT2D eigenvalue weighted by Crippen LogP contribution is 2.29. The second-order valence-electron chi connectivity index (χ2n) is 10.7. The quantitative estimate of drug-likeness (QED) is 0.279. The molecule has 1 unspecified atom stereocenters. The molecule has 0 fully saturated rings. The number of nitrogens with zero attached hydrogens (tertiary/aromatic N) is 1. The van der Waals surface area contributed by atoms with Crippen LogP contribution in [0.15, 0.2) is 66.7 Å². The van der Waals surface area contributed by atoms with E-state index in [0.29, 0.717) is 52.5 Å². The van der Waals surface area contributed by atoms with E-state index in [1.807, 2.05) is 6.92 Å². The molecule has 3 aromatic carbocycles. The van der Waals surface area contributed by atoms with Crippen molar-refractivity contribution in [1.29, 1.82) is 0 Å². The van der Waals surface area contributed by atoms with Gasteiger partial charge in [0, 0.05) is 36.8 Å². The van der Waals surface area contributed by atoms with Gasteiger partial charge < -0.3 is 34.9 Å². The fraction of sp³-hybridized carbons (Fsp3) is 0.344. The third-order valence-electron chi connectivity index (χ3n) is 6.20. The topological polar surface area (TPSA) is 126 Å². The number of carbonyl (C=O) groups is 3. The molecule has 0 aliphatic carbocycles. The maximum atomic E-state index is 13.3. The molecular weight excluding hydrogens is 538 g/mol. The van der Waals surface area contributed by atoms with E-state index in [0.717, 1.165) is 0 Å². The van der Waals surface area contributed by atoms with Crippen LogP contribution >= 0.6 is 0 Å². The number of aliphatic hydroxyl groups is 1. The molecular formula is C32H39N3O7. The van der Waals surface area contributed by atoms with Crippen molar-refractivity contribution in [2.75, 3.05) is 30.9 Å². The van der Waals surface area contributed by atoms with Crippen LogP contribution in [0.4, 0.5) is 16.2 Å². The number of carbonyl (C=O) groups excluding carboxylic acids is 3. The summed E-state index contributed by atoms with van der Waals surface area (Å²) in [5, 5.41) is 15.2. The Morgan fingerprint density at radius 1 is 0.976 bits per heavy atom. The molecule has 3 rings (SSSR count). The molecule has 3 amide bonds. The zero-order valence-corrected chi connectivity index (χ0v) is 24.9. The summed E-state index contributed by atoms with van der Waals surface area (Å²) in [5.41, 5.74) is 1.66. The van der Waals surface area contributed by atoms with E-state index in [-0.39, 0.29) is 18.6 Å². The normalized spacial score (nSPS) is 11.7. The Bertz CT molecular complexity index is 1400. The minimum Gasteiger partial charge on any atom is -0.495 e. The highest BCUT2D eigenvalue weighted by Gasteiger charge is 2.21. The number of aliphatic hydroxyl groups excluding tert-OH is 1. The molecule has 3 aromatic rings. The van der Waals surface area contributed by atoms with Crippen LogP contribution in [-0.2, 0) is 11.3 Å². The van der Waals surface area contributed by atoms with E-state index in [4.69, 9.17) is 14.2 Å². The minimum atomic E-state index is -0.583. The Morgan fingerprint density at radius 2 is 1.67 bits per heavy atom. The van der Waals surface area contributed by atoms with Crippen LogP contribution < -0.4 is 25.0 Å². The van der Waals surface area contributed by atoms with Gasteiger partial charge in [0.1, 0.15) is 17.1 Å². The molecule has 224 valence electrons. The first kappa shape index (κ1) is 32.0. The number of amides is 3. The van der Waals surface area contributed by atoms with Gasteiger partial charge in [-0.2, -0.15) is 0 Å². The standard InChI is InChI=1S/C32H39N3O7/c1-21(17-18-33-31(39)42-32(2,3)4)41-27-14-10-8-12-24(27)29(37)34-25-16-15-22(19-28(25)40-6)30(38)35(5)26-13-9-7-11-23(26)20-36/h7-16,19,21,36H,17-18,20H2,1-6H3,(H,33,39)(H,34,37). The molecule has 0 aliphatic heterocycles. The fourth-order valence-corrected chi connectivity index (χ4v) is 4.12.